The normalized spacial score (nSPS) is 22.0. The van der Waals surface area contributed by atoms with Gasteiger partial charge in [-0.25, -0.2) is 0 Å². The van der Waals surface area contributed by atoms with Gasteiger partial charge in [0, 0.05) is 36.5 Å². The van der Waals surface area contributed by atoms with Crippen LogP contribution in [0.4, 0.5) is 5.69 Å². The van der Waals surface area contributed by atoms with Crippen molar-refractivity contribution in [2.75, 3.05) is 18.1 Å². The highest BCUT2D eigenvalue weighted by atomic mass is 32.1. The minimum Gasteiger partial charge on any atom is -0.428 e. The molecule has 1 aliphatic carbocycles. The van der Waals surface area contributed by atoms with E-state index in [1.54, 1.807) is 7.48 Å². The number of ether oxygens (including phenoxy) is 1. The summed E-state index contributed by atoms with van der Waals surface area (Å²) in [5.74, 6) is 0.351. The number of anilines is 1. The van der Waals surface area contributed by atoms with E-state index in [-0.39, 0.29) is 22.5 Å². The van der Waals surface area contributed by atoms with Crippen LogP contribution in [-0.2, 0) is 24.4 Å². The first-order chi connectivity index (χ1) is 13.6. The molecule has 1 radical (unpaired) electrons. The quantitative estimate of drug-likeness (QED) is 0.595. The van der Waals surface area contributed by atoms with Gasteiger partial charge in [0.2, 0.25) is 5.91 Å². The zero-order valence-electron chi connectivity index (χ0n) is 17.7. The van der Waals surface area contributed by atoms with Crippen LogP contribution in [0.5, 0.6) is 0 Å². The van der Waals surface area contributed by atoms with E-state index in [0.717, 1.165) is 16.7 Å². The molecule has 1 saturated heterocycles. The number of carbonyl (C=O) groups excluding carboxylic acids is 2. The Bertz CT molecular complexity index is 834. The van der Waals surface area contributed by atoms with E-state index in [1.165, 1.54) is 0 Å². The molecule has 5 nitrogen and oxygen atoms in total. The highest BCUT2D eigenvalue weighted by molar-refractivity contribution is 7.81. The van der Waals surface area contributed by atoms with Gasteiger partial charge >= 0.3 is 7.48 Å². The van der Waals surface area contributed by atoms with Crippen LogP contribution in [0, 0.1) is 0 Å². The molecule has 2 fully saturated rings. The maximum absolute atomic E-state index is 13.5. The van der Waals surface area contributed by atoms with Gasteiger partial charge in [-0.2, -0.15) is 12.6 Å². The second-order valence-corrected chi connectivity index (χ2v) is 10.7. The van der Waals surface area contributed by atoms with Gasteiger partial charge < -0.3 is 14.3 Å². The van der Waals surface area contributed by atoms with Crippen molar-refractivity contribution in [2.45, 2.75) is 75.2 Å². The van der Waals surface area contributed by atoms with Crippen LogP contribution in [-0.4, -0.2) is 48.8 Å². The monoisotopic (exact) mass is 414 g/mol. The Kier molecular flexibility index (Phi) is 5.15. The van der Waals surface area contributed by atoms with Crippen molar-refractivity contribution in [1.29, 1.82) is 0 Å². The van der Waals surface area contributed by atoms with Crippen LogP contribution in [0.25, 0.3) is 0 Å². The fourth-order valence-corrected chi connectivity index (χ4v) is 4.31. The van der Waals surface area contributed by atoms with E-state index >= 15 is 0 Å². The predicted molar refractivity (Wildman–Crippen MR) is 117 cm³/mol. The molecule has 29 heavy (non-hydrogen) atoms. The van der Waals surface area contributed by atoms with Crippen LogP contribution in [0.15, 0.2) is 18.2 Å². The first kappa shape index (κ1) is 20.9. The predicted octanol–water partition coefficient (Wildman–Crippen LogP) is 2.56. The number of nitrogens with zero attached hydrogens (tertiary/aromatic N) is 1. The number of amides is 1. The second kappa shape index (κ2) is 7.14. The Labute approximate surface area is 179 Å². The third-order valence-electron chi connectivity index (χ3n) is 7.03. The molecule has 0 bridgehead atoms. The third kappa shape index (κ3) is 3.45. The van der Waals surface area contributed by atoms with E-state index in [4.69, 9.17) is 9.39 Å². The number of thiol groups is 1. The van der Waals surface area contributed by atoms with E-state index in [2.05, 4.69) is 18.7 Å². The summed E-state index contributed by atoms with van der Waals surface area (Å²) < 4.78 is 11.3. The number of Topliss-reactive ketones (excluding diaryl/α,β-unsaturated/α-hetero) is 1. The number of fused-ring (bicyclic) bond motifs is 2. The molecular weight excluding hydrogens is 385 g/mol. The molecule has 1 aromatic carbocycles. The van der Waals surface area contributed by atoms with Crippen LogP contribution in [0.1, 0.15) is 58.9 Å². The lowest BCUT2D eigenvalue weighted by Crippen LogP contribution is -2.52. The van der Waals surface area contributed by atoms with Gasteiger partial charge in [0.05, 0.1) is 17.1 Å². The Balaban J connectivity index is 1.65. The minimum atomic E-state index is -0.516. The number of benzene rings is 1. The van der Waals surface area contributed by atoms with Crippen LogP contribution < -0.4 is 10.4 Å². The fourth-order valence-electron chi connectivity index (χ4n) is 4.25. The van der Waals surface area contributed by atoms with Gasteiger partial charge in [0.15, 0.2) is 0 Å². The van der Waals surface area contributed by atoms with Gasteiger partial charge in [-0.3, -0.25) is 9.59 Å². The van der Waals surface area contributed by atoms with E-state index in [1.807, 2.05) is 44.7 Å². The van der Waals surface area contributed by atoms with E-state index in [9.17, 15) is 9.59 Å². The van der Waals surface area contributed by atoms with Crippen LogP contribution in [0.3, 0.4) is 0 Å². The van der Waals surface area contributed by atoms with Crippen molar-refractivity contribution in [3.8, 4) is 0 Å². The summed E-state index contributed by atoms with van der Waals surface area (Å²) >= 11 is 4.65. The molecule has 155 valence electrons. The molecule has 1 aromatic rings. The summed E-state index contributed by atoms with van der Waals surface area (Å²) in [4.78, 5) is 27.1. The van der Waals surface area contributed by atoms with Crippen molar-refractivity contribution in [1.82, 2.24) is 0 Å². The van der Waals surface area contributed by atoms with Crippen molar-refractivity contribution in [3.63, 3.8) is 0 Å². The average Bonchev–Trinajstić information content (AvgIpc) is 2.85. The molecule has 3 aliphatic rings. The Morgan fingerprint density at radius 2 is 1.83 bits per heavy atom. The van der Waals surface area contributed by atoms with E-state index < -0.39 is 11.0 Å². The zero-order chi connectivity index (χ0) is 21.0. The fraction of sp³-hybridized carbons (Fsp3) is 0.636. The number of rotatable bonds is 5. The number of ketones is 1. The maximum atomic E-state index is 13.5. The van der Waals surface area contributed by atoms with Gasteiger partial charge in [-0.1, -0.05) is 17.6 Å². The summed E-state index contributed by atoms with van der Waals surface area (Å²) in [5, 5.41) is 0. The van der Waals surface area contributed by atoms with Crippen LogP contribution in [0.2, 0.25) is 0 Å². The maximum Gasteiger partial charge on any atom is 0.330 e. The summed E-state index contributed by atoms with van der Waals surface area (Å²) in [6.07, 6.45) is 2.28. The molecule has 1 amide bonds. The first-order valence-electron chi connectivity index (χ1n) is 10.4. The average molecular weight is 414 g/mol. The molecule has 1 saturated carbocycles. The van der Waals surface area contributed by atoms with Crippen molar-refractivity contribution >= 4 is 43.0 Å². The van der Waals surface area contributed by atoms with Crippen molar-refractivity contribution in [3.05, 3.63) is 23.8 Å². The van der Waals surface area contributed by atoms with Crippen molar-refractivity contribution in [2.24, 2.45) is 0 Å². The Morgan fingerprint density at radius 1 is 1.17 bits per heavy atom. The molecule has 2 heterocycles. The summed E-state index contributed by atoms with van der Waals surface area (Å²) in [6.45, 7) is 9.24. The largest absolute Gasteiger partial charge is 0.428 e. The molecule has 4 rings (SSSR count). The minimum absolute atomic E-state index is 0.0278. The topological polar surface area (TPSA) is 55.8 Å². The highest BCUT2D eigenvalue weighted by Crippen LogP contribution is 2.49. The summed E-state index contributed by atoms with van der Waals surface area (Å²) in [6, 6.07) is 6.08. The zero-order valence-corrected chi connectivity index (χ0v) is 18.6. The lowest BCUT2D eigenvalue weighted by molar-refractivity contribution is -0.129. The van der Waals surface area contributed by atoms with Gasteiger partial charge in [-0.15, -0.1) is 0 Å². The summed E-state index contributed by atoms with van der Waals surface area (Å²) in [7, 11) is 1.75. The molecule has 0 aromatic heterocycles. The molecule has 0 N–H and O–H groups in total. The lowest BCUT2D eigenvalue weighted by atomic mass is 9.74. The van der Waals surface area contributed by atoms with Gasteiger partial charge in [-0.05, 0) is 52.2 Å². The molecule has 1 spiro atoms. The van der Waals surface area contributed by atoms with E-state index in [0.29, 0.717) is 38.9 Å². The number of hydrogen-bond acceptors (Lipinski definition) is 5. The molecular formula is C22H29BNO4S. The van der Waals surface area contributed by atoms with Crippen LogP contribution >= 0.6 is 12.6 Å². The third-order valence-corrected chi connectivity index (χ3v) is 7.56. The number of hydrogen-bond donors (Lipinski definition) is 1. The highest BCUT2D eigenvalue weighted by Gasteiger charge is 2.54. The Morgan fingerprint density at radius 3 is 2.41 bits per heavy atom. The first-order valence-corrected chi connectivity index (χ1v) is 10.8. The van der Waals surface area contributed by atoms with Gasteiger partial charge in [0.25, 0.3) is 0 Å². The van der Waals surface area contributed by atoms with Crippen molar-refractivity contribution < 1.29 is 19.0 Å². The Hall–Kier alpha value is -1.31. The standard InChI is InChI=1S/C22H29BNO4S/c1-20(2,21(3,4)29)28-23-14-5-6-17-18(11-14)24(15-12-16(25)13-15)19(26)22(17)7-9-27-10-8-22/h5-6,11,15,29H,7-10,12-13H2,1-4H3. The van der Waals surface area contributed by atoms with Gasteiger partial charge in [0.1, 0.15) is 5.78 Å². The second-order valence-electron chi connectivity index (χ2n) is 9.55. The molecule has 2 aliphatic heterocycles. The lowest BCUT2D eigenvalue weighted by Gasteiger charge is -2.38. The molecule has 0 atom stereocenters. The smallest absolute Gasteiger partial charge is 0.330 e. The SMILES string of the molecule is CC(C)(S)C(C)(C)O[B]c1ccc2c(c1)N(C1CC(=O)C1)C(=O)C21CCOCC1. The molecule has 7 heteroatoms. The molecule has 0 unspecified atom stereocenters. The number of carbonyl (C=O) groups is 2. The summed E-state index contributed by atoms with van der Waals surface area (Å²) in [5.41, 5.74) is 1.91.